The average Bonchev–Trinajstić information content (AvgIpc) is 1.82. The van der Waals surface area contributed by atoms with Gasteiger partial charge in [-0.1, -0.05) is 0 Å². The van der Waals surface area contributed by atoms with Crippen LogP contribution in [0.3, 0.4) is 0 Å². The molecular weight excluding hydrogens is 118 g/mol. The summed E-state index contributed by atoms with van der Waals surface area (Å²) < 4.78 is 0. The van der Waals surface area contributed by atoms with Crippen molar-refractivity contribution in [1.82, 2.24) is 4.90 Å². The minimum atomic E-state index is -0.00292. The number of carbonyl (C=O) groups is 2. The average molecular weight is 129 g/mol. The van der Waals surface area contributed by atoms with Crippen LogP contribution in [0.2, 0.25) is 0 Å². The number of aldehydes is 1. The summed E-state index contributed by atoms with van der Waals surface area (Å²) >= 11 is 0. The second kappa shape index (κ2) is 4.06. The Morgan fingerprint density at radius 1 is 1.67 bits per heavy atom. The summed E-state index contributed by atoms with van der Waals surface area (Å²) in [7, 11) is 1.67. The topological polar surface area (TPSA) is 37.4 Å². The Hall–Kier alpha value is -0.860. The van der Waals surface area contributed by atoms with Crippen molar-refractivity contribution < 1.29 is 9.59 Å². The molecule has 3 nitrogen and oxygen atoms in total. The summed E-state index contributed by atoms with van der Waals surface area (Å²) in [5.41, 5.74) is 0. The highest BCUT2D eigenvalue weighted by molar-refractivity contribution is 5.73. The summed E-state index contributed by atoms with van der Waals surface area (Å²) in [6, 6.07) is 0. The molecule has 9 heavy (non-hydrogen) atoms. The smallest absolute Gasteiger partial charge is 0.219 e. The number of nitrogens with zero attached hydrogens (tertiary/aromatic N) is 1. The SMILES string of the molecule is CC(=O)N(C)CCC=O. The van der Waals surface area contributed by atoms with Crippen LogP contribution in [-0.2, 0) is 9.59 Å². The van der Waals surface area contributed by atoms with Crippen LogP contribution in [0.15, 0.2) is 0 Å². The van der Waals surface area contributed by atoms with Gasteiger partial charge in [-0.25, -0.2) is 0 Å². The van der Waals surface area contributed by atoms with Crippen LogP contribution >= 0.6 is 0 Å². The number of amides is 1. The molecule has 0 saturated heterocycles. The van der Waals surface area contributed by atoms with Crippen LogP contribution in [0.5, 0.6) is 0 Å². The van der Waals surface area contributed by atoms with Gasteiger partial charge in [-0.3, -0.25) is 4.79 Å². The van der Waals surface area contributed by atoms with Crippen molar-refractivity contribution >= 4 is 12.2 Å². The molecule has 0 aliphatic heterocycles. The fourth-order valence-electron chi connectivity index (χ4n) is 0.404. The first-order valence-corrected chi connectivity index (χ1v) is 2.84. The fourth-order valence-corrected chi connectivity index (χ4v) is 0.404. The van der Waals surface area contributed by atoms with E-state index in [1.54, 1.807) is 7.05 Å². The van der Waals surface area contributed by atoms with Gasteiger partial charge in [0.1, 0.15) is 6.29 Å². The van der Waals surface area contributed by atoms with Crippen molar-refractivity contribution in [2.24, 2.45) is 0 Å². The van der Waals surface area contributed by atoms with Crippen molar-refractivity contribution in [2.45, 2.75) is 13.3 Å². The molecule has 0 radical (unpaired) electrons. The van der Waals surface area contributed by atoms with Gasteiger partial charge in [0, 0.05) is 26.9 Å². The highest BCUT2D eigenvalue weighted by atomic mass is 16.2. The molecular formula is C6H11NO2. The van der Waals surface area contributed by atoms with Crippen LogP contribution in [0.1, 0.15) is 13.3 Å². The van der Waals surface area contributed by atoms with E-state index in [9.17, 15) is 9.59 Å². The lowest BCUT2D eigenvalue weighted by molar-refractivity contribution is -0.127. The molecule has 1 amide bonds. The second-order valence-corrected chi connectivity index (χ2v) is 1.90. The zero-order valence-electron chi connectivity index (χ0n) is 5.76. The maximum absolute atomic E-state index is 10.5. The Kier molecular flexibility index (Phi) is 3.67. The van der Waals surface area contributed by atoms with Crippen LogP contribution < -0.4 is 0 Å². The molecule has 0 saturated carbocycles. The zero-order chi connectivity index (χ0) is 7.28. The molecule has 0 aliphatic rings. The van der Waals surface area contributed by atoms with Crippen LogP contribution in [0, 0.1) is 0 Å². The van der Waals surface area contributed by atoms with Gasteiger partial charge in [-0.2, -0.15) is 0 Å². The summed E-state index contributed by atoms with van der Waals surface area (Å²) in [6.07, 6.45) is 1.23. The Morgan fingerprint density at radius 3 is 2.56 bits per heavy atom. The third-order valence-corrected chi connectivity index (χ3v) is 1.12. The van der Waals surface area contributed by atoms with Crippen LogP contribution in [-0.4, -0.2) is 30.7 Å². The van der Waals surface area contributed by atoms with E-state index in [1.165, 1.54) is 11.8 Å². The molecule has 0 fully saturated rings. The Balaban J connectivity index is 3.37. The van der Waals surface area contributed by atoms with E-state index < -0.39 is 0 Å². The zero-order valence-corrected chi connectivity index (χ0v) is 5.76. The van der Waals surface area contributed by atoms with E-state index in [0.29, 0.717) is 13.0 Å². The molecule has 52 valence electrons. The molecule has 0 N–H and O–H groups in total. The number of carbonyl (C=O) groups excluding carboxylic acids is 2. The standard InChI is InChI=1S/C6H11NO2/c1-6(9)7(2)4-3-5-8/h5H,3-4H2,1-2H3. The monoisotopic (exact) mass is 129 g/mol. The van der Waals surface area contributed by atoms with Gasteiger partial charge in [0.2, 0.25) is 5.91 Å². The van der Waals surface area contributed by atoms with Gasteiger partial charge in [-0.15, -0.1) is 0 Å². The molecule has 0 rings (SSSR count). The molecule has 0 bridgehead atoms. The summed E-state index contributed by atoms with van der Waals surface area (Å²) in [5.74, 6) is -0.00292. The summed E-state index contributed by atoms with van der Waals surface area (Å²) in [4.78, 5) is 21.8. The van der Waals surface area contributed by atoms with Gasteiger partial charge >= 0.3 is 0 Å². The van der Waals surface area contributed by atoms with E-state index >= 15 is 0 Å². The third-order valence-electron chi connectivity index (χ3n) is 1.12. The van der Waals surface area contributed by atoms with E-state index in [-0.39, 0.29) is 5.91 Å². The maximum atomic E-state index is 10.5. The second-order valence-electron chi connectivity index (χ2n) is 1.90. The minimum absolute atomic E-state index is 0.00292. The molecule has 0 aromatic heterocycles. The predicted molar refractivity (Wildman–Crippen MR) is 34.0 cm³/mol. The van der Waals surface area contributed by atoms with E-state index in [0.717, 1.165) is 6.29 Å². The third kappa shape index (κ3) is 3.70. The van der Waals surface area contributed by atoms with Crippen molar-refractivity contribution in [3.05, 3.63) is 0 Å². The predicted octanol–water partition coefficient (Wildman–Crippen LogP) is 0.0537. The minimum Gasteiger partial charge on any atom is -0.346 e. The molecule has 0 aromatic rings. The number of rotatable bonds is 3. The lowest BCUT2D eigenvalue weighted by Crippen LogP contribution is -2.24. The number of hydrogen-bond acceptors (Lipinski definition) is 2. The lowest BCUT2D eigenvalue weighted by Gasteiger charge is -2.11. The first-order valence-electron chi connectivity index (χ1n) is 2.84. The van der Waals surface area contributed by atoms with E-state index in [2.05, 4.69) is 0 Å². The van der Waals surface area contributed by atoms with Gasteiger partial charge in [0.15, 0.2) is 0 Å². The highest BCUT2D eigenvalue weighted by Gasteiger charge is 1.98. The van der Waals surface area contributed by atoms with Crippen molar-refractivity contribution in [2.75, 3.05) is 13.6 Å². The summed E-state index contributed by atoms with van der Waals surface area (Å²) in [6.45, 7) is 2.00. The fraction of sp³-hybridized carbons (Fsp3) is 0.667. The molecule has 0 atom stereocenters. The maximum Gasteiger partial charge on any atom is 0.219 e. The van der Waals surface area contributed by atoms with Crippen LogP contribution in [0.4, 0.5) is 0 Å². The van der Waals surface area contributed by atoms with E-state index in [4.69, 9.17) is 0 Å². The van der Waals surface area contributed by atoms with Gasteiger partial charge in [-0.05, 0) is 0 Å². The van der Waals surface area contributed by atoms with E-state index in [1.807, 2.05) is 0 Å². The lowest BCUT2D eigenvalue weighted by atomic mass is 10.4. The number of hydrogen-bond donors (Lipinski definition) is 0. The largest absolute Gasteiger partial charge is 0.346 e. The molecule has 0 spiro atoms. The molecule has 0 aliphatic carbocycles. The first-order chi connectivity index (χ1) is 4.18. The Bertz CT molecular complexity index is 112. The quantitative estimate of drug-likeness (QED) is 0.505. The normalized spacial score (nSPS) is 8.67. The highest BCUT2D eigenvalue weighted by Crippen LogP contribution is 1.83. The Labute approximate surface area is 54.6 Å². The van der Waals surface area contributed by atoms with Gasteiger partial charge < -0.3 is 9.69 Å². The molecule has 0 heterocycles. The van der Waals surface area contributed by atoms with Gasteiger partial charge in [0.25, 0.3) is 0 Å². The van der Waals surface area contributed by atoms with Crippen molar-refractivity contribution in [1.29, 1.82) is 0 Å². The van der Waals surface area contributed by atoms with Crippen molar-refractivity contribution in [3.8, 4) is 0 Å². The molecule has 3 heteroatoms. The first kappa shape index (κ1) is 8.14. The van der Waals surface area contributed by atoms with Crippen molar-refractivity contribution in [3.63, 3.8) is 0 Å². The van der Waals surface area contributed by atoms with Gasteiger partial charge in [0.05, 0.1) is 0 Å². The Morgan fingerprint density at radius 2 is 2.22 bits per heavy atom. The molecule has 0 aromatic carbocycles. The molecule has 0 unspecified atom stereocenters. The van der Waals surface area contributed by atoms with Crippen LogP contribution in [0.25, 0.3) is 0 Å². The summed E-state index contributed by atoms with van der Waals surface area (Å²) in [5, 5.41) is 0.